The highest BCUT2D eigenvalue weighted by Crippen LogP contribution is 2.35. The average molecular weight is 403 g/mol. The van der Waals surface area contributed by atoms with Crippen molar-refractivity contribution < 1.29 is 22.7 Å². The summed E-state index contributed by atoms with van der Waals surface area (Å²) in [7, 11) is 1.32. The van der Waals surface area contributed by atoms with Gasteiger partial charge in [-0.1, -0.05) is 19.1 Å². The Balaban J connectivity index is 1.90. The lowest BCUT2D eigenvalue weighted by molar-refractivity contribution is -0.137. The van der Waals surface area contributed by atoms with Gasteiger partial charge in [0.1, 0.15) is 5.75 Å². The number of rotatable bonds is 6. The zero-order valence-corrected chi connectivity index (χ0v) is 15.9. The number of benzene rings is 2. The monoisotopic (exact) mass is 403 g/mol. The standard InChI is InChI=1S/C21H20F3N3O2/c1-3-20(28)26-27-9-5-8-19(27)14-6-4-7-16(10-14)25-17-11-15(21(22,23)24)12-18(13-17)29-2/h4-13,25H,3H2,1-2H3,(H,26,28). The minimum absolute atomic E-state index is 0.106. The molecule has 2 aromatic carbocycles. The highest BCUT2D eigenvalue weighted by atomic mass is 19.4. The number of nitrogens with one attached hydrogen (secondary N) is 2. The second-order valence-corrected chi connectivity index (χ2v) is 6.31. The largest absolute Gasteiger partial charge is 0.497 e. The Bertz CT molecular complexity index is 1010. The fourth-order valence-electron chi connectivity index (χ4n) is 2.80. The molecule has 3 rings (SSSR count). The van der Waals surface area contributed by atoms with Crippen LogP contribution in [0.15, 0.2) is 60.8 Å². The number of ether oxygens (including phenoxy) is 1. The molecule has 1 aromatic heterocycles. The molecule has 8 heteroatoms. The van der Waals surface area contributed by atoms with E-state index in [9.17, 15) is 18.0 Å². The summed E-state index contributed by atoms with van der Waals surface area (Å²) in [4.78, 5) is 11.7. The van der Waals surface area contributed by atoms with Gasteiger partial charge in [-0.2, -0.15) is 13.2 Å². The van der Waals surface area contributed by atoms with Crippen LogP contribution >= 0.6 is 0 Å². The Kier molecular flexibility index (Phi) is 5.81. The molecule has 5 nitrogen and oxygen atoms in total. The molecular weight excluding hydrogens is 383 g/mol. The molecule has 0 unspecified atom stereocenters. The molecule has 0 spiro atoms. The maximum absolute atomic E-state index is 13.1. The predicted octanol–water partition coefficient (Wildman–Crippen LogP) is 5.41. The number of alkyl halides is 3. The molecule has 0 atom stereocenters. The number of hydrogen-bond acceptors (Lipinski definition) is 3. The summed E-state index contributed by atoms with van der Waals surface area (Å²) in [5.41, 5.74) is 4.35. The average Bonchev–Trinajstić information content (AvgIpc) is 3.15. The second-order valence-electron chi connectivity index (χ2n) is 6.31. The van der Waals surface area contributed by atoms with Gasteiger partial charge in [0.05, 0.1) is 18.4 Å². The molecule has 0 radical (unpaired) electrons. The summed E-state index contributed by atoms with van der Waals surface area (Å²) in [5, 5.41) is 2.99. The van der Waals surface area contributed by atoms with Crippen molar-refractivity contribution in [3.8, 4) is 17.0 Å². The summed E-state index contributed by atoms with van der Waals surface area (Å²) in [5.74, 6) is -0.0255. The van der Waals surface area contributed by atoms with Crippen molar-refractivity contribution >= 4 is 17.3 Å². The number of amides is 1. The lowest BCUT2D eigenvalue weighted by Crippen LogP contribution is -2.21. The summed E-state index contributed by atoms with van der Waals surface area (Å²) in [6.07, 6.45) is -2.41. The summed E-state index contributed by atoms with van der Waals surface area (Å²) in [6.45, 7) is 1.76. The normalized spacial score (nSPS) is 11.2. The maximum atomic E-state index is 13.1. The Labute approximate surface area is 166 Å². The number of methoxy groups -OCH3 is 1. The first kappa shape index (κ1) is 20.3. The Hall–Kier alpha value is -3.42. The van der Waals surface area contributed by atoms with Gasteiger partial charge >= 0.3 is 6.18 Å². The molecule has 152 valence electrons. The van der Waals surface area contributed by atoms with Crippen LogP contribution in [-0.4, -0.2) is 17.7 Å². The molecule has 1 heterocycles. The fraction of sp³-hybridized carbons (Fsp3) is 0.190. The van der Waals surface area contributed by atoms with Crippen molar-refractivity contribution in [2.24, 2.45) is 0 Å². The van der Waals surface area contributed by atoms with Gasteiger partial charge in [-0.3, -0.25) is 14.9 Å². The van der Waals surface area contributed by atoms with E-state index in [1.807, 2.05) is 12.1 Å². The minimum Gasteiger partial charge on any atom is -0.497 e. The summed E-state index contributed by atoms with van der Waals surface area (Å²) in [6, 6.07) is 14.3. The van der Waals surface area contributed by atoms with Crippen molar-refractivity contribution in [3.63, 3.8) is 0 Å². The van der Waals surface area contributed by atoms with Gasteiger partial charge in [-0.15, -0.1) is 0 Å². The third-order valence-corrected chi connectivity index (χ3v) is 4.23. The zero-order chi connectivity index (χ0) is 21.0. The van der Waals surface area contributed by atoms with Crippen molar-refractivity contribution in [2.75, 3.05) is 17.9 Å². The zero-order valence-electron chi connectivity index (χ0n) is 15.9. The number of anilines is 2. The van der Waals surface area contributed by atoms with Crippen LogP contribution in [0.4, 0.5) is 24.5 Å². The van der Waals surface area contributed by atoms with Crippen molar-refractivity contribution in [3.05, 3.63) is 66.4 Å². The molecule has 1 amide bonds. The van der Waals surface area contributed by atoms with Crippen LogP contribution in [-0.2, 0) is 11.0 Å². The predicted molar refractivity (Wildman–Crippen MR) is 106 cm³/mol. The third kappa shape index (κ3) is 4.90. The van der Waals surface area contributed by atoms with E-state index >= 15 is 0 Å². The molecule has 0 aliphatic rings. The van der Waals surface area contributed by atoms with Gasteiger partial charge in [0, 0.05) is 35.6 Å². The number of aromatic nitrogens is 1. The van der Waals surface area contributed by atoms with E-state index in [4.69, 9.17) is 4.74 Å². The molecule has 0 saturated carbocycles. The number of hydrogen-bond donors (Lipinski definition) is 2. The molecular formula is C21H20F3N3O2. The van der Waals surface area contributed by atoms with Crippen molar-refractivity contribution in [1.82, 2.24) is 4.68 Å². The first-order valence-corrected chi connectivity index (χ1v) is 8.91. The lowest BCUT2D eigenvalue weighted by Gasteiger charge is -2.14. The van der Waals surface area contributed by atoms with Crippen LogP contribution in [0.2, 0.25) is 0 Å². The molecule has 2 N–H and O–H groups in total. The van der Waals surface area contributed by atoms with Gasteiger partial charge in [-0.05, 0) is 36.4 Å². The Morgan fingerprint density at radius 2 is 1.86 bits per heavy atom. The highest BCUT2D eigenvalue weighted by Gasteiger charge is 2.31. The number of carbonyl (C=O) groups excluding carboxylic acids is 1. The summed E-state index contributed by atoms with van der Waals surface area (Å²) < 4.78 is 46.0. The van der Waals surface area contributed by atoms with E-state index in [0.29, 0.717) is 12.1 Å². The number of carbonyl (C=O) groups is 1. The Morgan fingerprint density at radius 1 is 1.07 bits per heavy atom. The molecule has 0 aliphatic carbocycles. The van der Waals surface area contributed by atoms with Gasteiger partial charge < -0.3 is 10.1 Å². The second kappa shape index (κ2) is 8.30. The molecule has 3 aromatic rings. The fourth-order valence-corrected chi connectivity index (χ4v) is 2.80. The number of nitrogens with zero attached hydrogens (tertiary/aromatic N) is 1. The maximum Gasteiger partial charge on any atom is 0.416 e. The van der Waals surface area contributed by atoms with Gasteiger partial charge in [0.15, 0.2) is 0 Å². The van der Waals surface area contributed by atoms with E-state index in [1.165, 1.54) is 13.2 Å². The number of halogens is 3. The van der Waals surface area contributed by atoms with E-state index in [2.05, 4.69) is 10.7 Å². The van der Waals surface area contributed by atoms with Crippen LogP contribution in [0.5, 0.6) is 5.75 Å². The lowest BCUT2D eigenvalue weighted by atomic mass is 10.1. The van der Waals surface area contributed by atoms with Gasteiger partial charge in [0.2, 0.25) is 5.91 Å². The van der Waals surface area contributed by atoms with Crippen LogP contribution in [0.3, 0.4) is 0 Å². The minimum atomic E-state index is -4.48. The van der Waals surface area contributed by atoms with Crippen LogP contribution in [0.1, 0.15) is 18.9 Å². The van der Waals surface area contributed by atoms with E-state index in [1.54, 1.807) is 42.1 Å². The van der Waals surface area contributed by atoms with E-state index < -0.39 is 11.7 Å². The molecule has 0 saturated heterocycles. The van der Waals surface area contributed by atoms with Gasteiger partial charge in [0.25, 0.3) is 0 Å². The molecule has 0 fully saturated rings. The first-order valence-electron chi connectivity index (χ1n) is 8.91. The molecule has 0 bridgehead atoms. The smallest absolute Gasteiger partial charge is 0.416 e. The molecule has 29 heavy (non-hydrogen) atoms. The third-order valence-electron chi connectivity index (χ3n) is 4.23. The topological polar surface area (TPSA) is 55.3 Å². The van der Waals surface area contributed by atoms with E-state index in [-0.39, 0.29) is 17.3 Å². The van der Waals surface area contributed by atoms with Crippen molar-refractivity contribution in [1.29, 1.82) is 0 Å². The molecule has 0 aliphatic heterocycles. The quantitative estimate of drug-likeness (QED) is 0.579. The highest BCUT2D eigenvalue weighted by molar-refractivity contribution is 5.84. The summed E-state index contributed by atoms with van der Waals surface area (Å²) >= 11 is 0. The first-order chi connectivity index (χ1) is 13.8. The van der Waals surface area contributed by atoms with Crippen LogP contribution in [0.25, 0.3) is 11.3 Å². The van der Waals surface area contributed by atoms with Crippen LogP contribution in [0, 0.1) is 0 Å². The van der Waals surface area contributed by atoms with E-state index in [0.717, 1.165) is 23.4 Å². The van der Waals surface area contributed by atoms with Crippen LogP contribution < -0.4 is 15.5 Å². The van der Waals surface area contributed by atoms with Crippen molar-refractivity contribution in [2.45, 2.75) is 19.5 Å². The SMILES string of the molecule is CCC(=O)Nn1cccc1-c1cccc(Nc2cc(OC)cc(C(F)(F)F)c2)c1. The Morgan fingerprint density at radius 3 is 2.55 bits per heavy atom. The van der Waals surface area contributed by atoms with Gasteiger partial charge in [-0.25, -0.2) is 0 Å².